The maximum absolute atomic E-state index is 13.6. The van der Waals surface area contributed by atoms with Crippen LogP contribution in [0.1, 0.15) is 24.2 Å². The van der Waals surface area contributed by atoms with E-state index in [1.54, 1.807) is 11.8 Å². The fourth-order valence-electron chi connectivity index (χ4n) is 1.28. The fraction of sp³-hybridized carbons (Fsp3) is 0.385. The third kappa shape index (κ3) is 4.73. The van der Waals surface area contributed by atoms with Crippen LogP contribution >= 0.6 is 11.8 Å². The molecule has 0 aliphatic rings. The summed E-state index contributed by atoms with van der Waals surface area (Å²) in [5.74, 6) is -2.01. The Kier molecular flexibility index (Phi) is 5.38. The van der Waals surface area contributed by atoms with Gasteiger partial charge < -0.3 is 15.7 Å². The average Bonchev–Trinajstić information content (AvgIpc) is 2.39. The molecule has 0 fully saturated rings. The molecule has 0 heterocycles. The van der Waals surface area contributed by atoms with Crippen molar-refractivity contribution in [1.29, 1.82) is 0 Å². The van der Waals surface area contributed by atoms with Gasteiger partial charge in [-0.25, -0.2) is 14.0 Å². The number of thioether (sulfide) groups is 1. The van der Waals surface area contributed by atoms with E-state index in [-0.39, 0.29) is 16.0 Å². The summed E-state index contributed by atoms with van der Waals surface area (Å²) in [5, 5.41) is 13.7. The van der Waals surface area contributed by atoms with Crippen molar-refractivity contribution in [3.8, 4) is 0 Å². The Morgan fingerprint density at radius 3 is 2.55 bits per heavy atom. The lowest BCUT2D eigenvalue weighted by Crippen LogP contribution is -2.38. The third-order valence-electron chi connectivity index (χ3n) is 2.69. The summed E-state index contributed by atoms with van der Waals surface area (Å²) in [6, 6.07) is 2.78. The number of halogens is 1. The predicted molar refractivity (Wildman–Crippen MR) is 78.0 cm³/mol. The highest BCUT2D eigenvalue weighted by Crippen LogP contribution is 2.20. The van der Waals surface area contributed by atoms with Crippen LogP contribution in [0.4, 0.5) is 14.9 Å². The molecule has 0 saturated heterocycles. The van der Waals surface area contributed by atoms with Gasteiger partial charge in [-0.3, -0.25) is 0 Å². The molecule has 5 nitrogen and oxygen atoms in total. The van der Waals surface area contributed by atoms with Gasteiger partial charge in [0.2, 0.25) is 0 Å². The van der Waals surface area contributed by atoms with Crippen LogP contribution in [-0.2, 0) is 0 Å². The van der Waals surface area contributed by atoms with E-state index in [1.165, 1.54) is 12.1 Å². The number of hydrogen-bond donors (Lipinski definition) is 3. The Labute approximate surface area is 120 Å². The summed E-state index contributed by atoms with van der Waals surface area (Å²) in [6.45, 7) is 4.37. The van der Waals surface area contributed by atoms with Crippen LogP contribution in [0.15, 0.2) is 18.2 Å². The molecule has 0 unspecified atom stereocenters. The number of urea groups is 1. The molecule has 1 aromatic carbocycles. The van der Waals surface area contributed by atoms with Crippen molar-refractivity contribution in [3.63, 3.8) is 0 Å². The molecule has 1 aromatic rings. The van der Waals surface area contributed by atoms with Crippen LogP contribution in [0, 0.1) is 5.82 Å². The minimum atomic E-state index is -1.22. The summed E-state index contributed by atoms with van der Waals surface area (Å²) in [5.41, 5.74) is -0.230. The van der Waals surface area contributed by atoms with Crippen molar-refractivity contribution in [2.45, 2.75) is 18.6 Å². The number of carbonyl (C=O) groups is 2. The van der Waals surface area contributed by atoms with E-state index in [0.29, 0.717) is 6.54 Å². The molecule has 1 rings (SSSR count). The lowest BCUT2D eigenvalue weighted by Gasteiger charge is -2.22. The quantitative estimate of drug-likeness (QED) is 0.781. The van der Waals surface area contributed by atoms with Crippen molar-refractivity contribution in [1.82, 2.24) is 5.32 Å². The summed E-state index contributed by atoms with van der Waals surface area (Å²) < 4.78 is 13.5. The largest absolute Gasteiger partial charge is 0.478 e. The monoisotopic (exact) mass is 300 g/mol. The molecule has 0 radical (unpaired) electrons. The molecule has 3 N–H and O–H groups in total. The van der Waals surface area contributed by atoms with Gasteiger partial charge in [-0.05, 0) is 38.3 Å². The number of benzene rings is 1. The molecule has 0 aliphatic carbocycles. The molecule has 0 atom stereocenters. The van der Waals surface area contributed by atoms with E-state index in [2.05, 4.69) is 10.6 Å². The Balaban J connectivity index is 2.65. The third-order valence-corrected chi connectivity index (χ3v) is 3.94. The standard InChI is InChI=1S/C13H17FN2O3S/c1-13(2,20-3)7-15-12(19)16-10-5-4-8(11(17)18)6-9(10)14/h4-6H,7H2,1-3H3,(H,17,18)(H2,15,16,19). The Bertz CT molecular complexity index is 520. The number of carboxylic acid groups (broad SMARTS) is 1. The van der Waals surface area contributed by atoms with Gasteiger partial charge in [0.1, 0.15) is 5.82 Å². The first-order valence-electron chi connectivity index (χ1n) is 5.88. The van der Waals surface area contributed by atoms with Crippen LogP contribution in [0.25, 0.3) is 0 Å². The van der Waals surface area contributed by atoms with E-state index < -0.39 is 17.8 Å². The van der Waals surface area contributed by atoms with Crippen molar-refractivity contribution >= 4 is 29.4 Å². The molecular formula is C13H17FN2O3S. The second kappa shape index (κ2) is 6.60. The van der Waals surface area contributed by atoms with Crippen molar-refractivity contribution in [2.24, 2.45) is 0 Å². The van der Waals surface area contributed by atoms with E-state index >= 15 is 0 Å². The van der Waals surface area contributed by atoms with E-state index in [9.17, 15) is 14.0 Å². The van der Waals surface area contributed by atoms with Gasteiger partial charge in [0.15, 0.2) is 0 Å². The lowest BCUT2D eigenvalue weighted by molar-refractivity contribution is 0.0696. The second-order valence-electron chi connectivity index (χ2n) is 4.77. The number of aromatic carboxylic acids is 1. The number of nitrogens with one attached hydrogen (secondary N) is 2. The van der Waals surface area contributed by atoms with E-state index in [1.807, 2.05) is 20.1 Å². The van der Waals surface area contributed by atoms with E-state index in [4.69, 9.17) is 5.11 Å². The fourth-order valence-corrected chi connectivity index (χ4v) is 1.50. The topological polar surface area (TPSA) is 78.4 Å². The highest BCUT2D eigenvalue weighted by Gasteiger charge is 2.17. The number of carbonyl (C=O) groups excluding carboxylic acids is 1. The maximum atomic E-state index is 13.6. The molecule has 0 saturated carbocycles. The minimum absolute atomic E-state index is 0.0607. The van der Waals surface area contributed by atoms with Crippen LogP contribution in [0.3, 0.4) is 0 Å². The van der Waals surface area contributed by atoms with Gasteiger partial charge in [0.05, 0.1) is 11.3 Å². The Morgan fingerprint density at radius 2 is 2.05 bits per heavy atom. The van der Waals surface area contributed by atoms with Gasteiger partial charge in [-0.1, -0.05) is 0 Å². The zero-order valence-electron chi connectivity index (χ0n) is 11.5. The number of carboxylic acids is 1. The Hall–Kier alpha value is -1.76. The van der Waals surface area contributed by atoms with Crippen molar-refractivity contribution in [3.05, 3.63) is 29.6 Å². The molecule has 2 amide bonds. The van der Waals surface area contributed by atoms with Gasteiger partial charge in [-0.15, -0.1) is 0 Å². The first kappa shape index (κ1) is 16.3. The molecule has 20 heavy (non-hydrogen) atoms. The highest BCUT2D eigenvalue weighted by atomic mass is 32.2. The van der Waals surface area contributed by atoms with Gasteiger partial charge in [-0.2, -0.15) is 11.8 Å². The molecule has 0 aliphatic heterocycles. The lowest BCUT2D eigenvalue weighted by atomic mass is 10.2. The average molecular weight is 300 g/mol. The highest BCUT2D eigenvalue weighted by molar-refractivity contribution is 7.99. The zero-order valence-corrected chi connectivity index (χ0v) is 12.3. The Morgan fingerprint density at radius 1 is 1.40 bits per heavy atom. The molecule has 7 heteroatoms. The maximum Gasteiger partial charge on any atom is 0.335 e. The van der Waals surface area contributed by atoms with Gasteiger partial charge in [0, 0.05) is 11.3 Å². The molecule has 110 valence electrons. The summed E-state index contributed by atoms with van der Waals surface area (Å²) >= 11 is 1.60. The smallest absolute Gasteiger partial charge is 0.335 e. The molecular weight excluding hydrogens is 283 g/mol. The van der Waals surface area contributed by atoms with Crippen molar-refractivity contribution in [2.75, 3.05) is 18.1 Å². The van der Waals surface area contributed by atoms with Gasteiger partial charge in [0.25, 0.3) is 0 Å². The summed E-state index contributed by atoms with van der Waals surface area (Å²) in [6.07, 6.45) is 1.93. The number of rotatable bonds is 5. The minimum Gasteiger partial charge on any atom is -0.478 e. The summed E-state index contributed by atoms with van der Waals surface area (Å²) in [4.78, 5) is 22.3. The molecule has 0 spiro atoms. The van der Waals surface area contributed by atoms with Gasteiger partial charge >= 0.3 is 12.0 Å². The number of amides is 2. The number of anilines is 1. The zero-order chi connectivity index (χ0) is 15.3. The summed E-state index contributed by atoms with van der Waals surface area (Å²) in [7, 11) is 0. The van der Waals surface area contributed by atoms with Crippen LogP contribution in [0.5, 0.6) is 0 Å². The van der Waals surface area contributed by atoms with E-state index in [0.717, 1.165) is 6.07 Å². The van der Waals surface area contributed by atoms with Crippen LogP contribution < -0.4 is 10.6 Å². The molecule has 0 aromatic heterocycles. The van der Waals surface area contributed by atoms with Crippen molar-refractivity contribution < 1.29 is 19.1 Å². The van der Waals surface area contributed by atoms with Crippen LogP contribution in [0.2, 0.25) is 0 Å². The normalized spacial score (nSPS) is 11.0. The molecule has 0 bridgehead atoms. The number of hydrogen-bond acceptors (Lipinski definition) is 3. The second-order valence-corrected chi connectivity index (χ2v) is 6.28. The predicted octanol–water partition coefficient (Wildman–Crippen LogP) is 2.79. The SMILES string of the molecule is CSC(C)(C)CNC(=O)Nc1ccc(C(=O)O)cc1F. The first-order valence-corrected chi connectivity index (χ1v) is 7.10. The van der Waals surface area contributed by atoms with Crippen LogP contribution in [-0.4, -0.2) is 34.7 Å². The first-order chi connectivity index (χ1) is 9.25.